The third kappa shape index (κ3) is 6.29. The van der Waals surface area contributed by atoms with E-state index in [1.807, 2.05) is 36.6 Å². The van der Waals surface area contributed by atoms with Crippen LogP contribution in [-0.4, -0.2) is 37.3 Å². The maximum Gasteiger partial charge on any atom is 0.253 e. The number of halogens is 2. The molecule has 0 atom stereocenters. The van der Waals surface area contributed by atoms with Crippen molar-refractivity contribution in [3.8, 4) is 5.69 Å². The van der Waals surface area contributed by atoms with Gasteiger partial charge in [0.05, 0.1) is 28.6 Å². The van der Waals surface area contributed by atoms with Crippen molar-refractivity contribution in [1.29, 1.82) is 0 Å². The summed E-state index contributed by atoms with van der Waals surface area (Å²) < 4.78 is 2.62. The standard InChI is InChI=1S/C23H20BrClN6O2S2/c1-13-3-4-14(2)18(9-13)31-19(11-27-21(33)16-10-15(24)5-6-17(16)25)29-30-23(31)35-12-20(32)28-22-26-7-8-34-22/h3-10H,11-12H2,1-2H3,(H,27,33)(H,26,28,32). The van der Waals surface area contributed by atoms with E-state index in [-0.39, 0.29) is 24.1 Å². The van der Waals surface area contributed by atoms with E-state index >= 15 is 0 Å². The Hall–Kier alpha value is -2.73. The summed E-state index contributed by atoms with van der Waals surface area (Å²) in [5.74, 6) is 0.132. The van der Waals surface area contributed by atoms with E-state index in [1.165, 1.54) is 23.1 Å². The fraction of sp³-hybridized carbons (Fsp3) is 0.174. The van der Waals surface area contributed by atoms with Gasteiger partial charge in [0.2, 0.25) is 5.91 Å². The Bertz CT molecular complexity index is 1380. The van der Waals surface area contributed by atoms with Crippen LogP contribution in [0.25, 0.3) is 5.69 Å². The number of anilines is 1. The molecule has 4 rings (SSSR count). The highest BCUT2D eigenvalue weighted by atomic mass is 79.9. The molecule has 0 unspecified atom stereocenters. The van der Waals surface area contributed by atoms with Crippen LogP contribution in [0.5, 0.6) is 0 Å². The number of benzene rings is 2. The van der Waals surface area contributed by atoms with Crippen molar-refractivity contribution >= 4 is 67.6 Å². The first-order valence-electron chi connectivity index (χ1n) is 10.4. The summed E-state index contributed by atoms with van der Waals surface area (Å²) in [5.41, 5.74) is 3.30. The van der Waals surface area contributed by atoms with Crippen molar-refractivity contribution in [3.63, 3.8) is 0 Å². The Morgan fingerprint density at radius 3 is 2.77 bits per heavy atom. The van der Waals surface area contributed by atoms with Gasteiger partial charge >= 0.3 is 0 Å². The average Bonchev–Trinajstić information content (AvgIpc) is 3.49. The zero-order chi connectivity index (χ0) is 24.9. The van der Waals surface area contributed by atoms with Crippen molar-refractivity contribution < 1.29 is 9.59 Å². The van der Waals surface area contributed by atoms with Crippen LogP contribution in [0.3, 0.4) is 0 Å². The van der Waals surface area contributed by atoms with Crippen LogP contribution < -0.4 is 10.6 Å². The summed E-state index contributed by atoms with van der Waals surface area (Å²) in [5, 5.41) is 17.5. The predicted molar refractivity (Wildman–Crippen MR) is 143 cm³/mol. The third-order valence-corrected chi connectivity index (χ3v) is 7.34. The van der Waals surface area contributed by atoms with Crippen LogP contribution in [0.15, 0.2) is 57.6 Å². The number of nitrogens with zero attached hydrogens (tertiary/aromatic N) is 4. The van der Waals surface area contributed by atoms with E-state index in [1.54, 1.807) is 29.8 Å². The van der Waals surface area contributed by atoms with E-state index in [0.29, 0.717) is 26.7 Å². The molecule has 0 aliphatic carbocycles. The molecule has 0 radical (unpaired) electrons. The highest BCUT2D eigenvalue weighted by molar-refractivity contribution is 9.10. The van der Waals surface area contributed by atoms with Crippen LogP contribution in [0, 0.1) is 13.8 Å². The van der Waals surface area contributed by atoms with Gasteiger partial charge in [-0.25, -0.2) is 4.98 Å². The molecule has 2 aromatic heterocycles. The zero-order valence-corrected chi connectivity index (χ0v) is 22.7. The van der Waals surface area contributed by atoms with Gasteiger partial charge in [0.25, 0.3) is 5.91 Å². The van der Waals surface area contributed by atoms with Gasteiger partial charge in [-0.3, -0.25) is 14.2 Å². The molecule has 2 N–H and O–H groups in total. The number of hydrogen-bond acceptors (Lipinski definition) is 7. The van der Waals surface area contributed by atoms with Crippen LogP contribution in [0.1, 0.15) is 27.3 Å². The predicted octanol–water partition coefficient (Wildman–Crippen LogP) is 5.42. The molecule has 4 aromatic rings. The van der Waals surface area contributed by atoms with Crippen LogP contribution in [-0.2, 0) is 11.3 Å². The molecule has 0 fully saturated rings. The minimum atomic E-state index is -0.330. The lowest BCUT2D eigenvalue weighted by Gasteiger charge is -2.14. The highest BCUT2D eigenvalue weighted by Crippen LogP contribution is 2.26. The van der Waals surface area contributed by atoms with Gasteiger partial charge in [-0.15, -0.1) is 21.5 Å². The summed E-state index contributed by atoms with van der Waals surface area (Å²) >= 11 is 12.2. The zero-order valence-electron chi connectivity index (χ0n) is 18.7. The molecule has 0 saturated heterocycles. The lowest BCUT2D eigenvalue weighted by atomic mass is 10.1. The number of rotatable bonds is 8. The molecule has 35 heavy (non-hydrogen) atoms. The summed E-state index contributed by atoms with van der Waals surface area (Å²) in [6.07, 6.45) is 1.63. The molecule has 2 heterocycles. The first kappa shape index (κ1) is 25.4. The first-order chi connectivity index (χ1) is 16.8. The third-order valence-electron chi connectivity index (χ3n) is 4.90. The van der Waals surface area contributed by atoms with E-state index in [4.69, 9.17) is 11.6 Å². The number of carbonyl (C=O) groups excluding carboxylic acids is 2. The van der Waals surface area contributed by atoms with Crippen LogP contribution >= 0.6 is 50.6 Å². The SMILES string of the molecule is Cc1ccc(C)c(-n2c(CNC(=O)c3cc(Br)ccc3Cl)nnc2SCC(=O)Nc2nccs2)c1. The molecule has 0 bridgehead atoms. The van der Waals surface area contributed by atoms with Crippen molar-refractivity contribution in [1.82, 2.24) is 25.1 Å². The molecule has 0 aliphatic heterocycles. The minimum Gasteiger partial charge on any atom is -0.345 e. The number of carbonyl (C=O) groups is 2. The van der Waals surface area contributed by atoms with Gasteiger partial charge in [-0.05, 0) is 49.2 Å². The smallest absolute Gasteiger partial charge is 0.253 e. The minimum absolute atomic E-state index is 0.119. The fourth-order valence-corrected chi connectivity index (χ4v) is 5.08. The Morgan fingerprint density at radius 2 is 2.00 bits per heavy atom. The van der Waals surface area contributed by atoms with Gasteiger partial charge in [-0.1, -0.05) is 51.4 Å². The average molecular weight is 592 g/mol. The van der Waals surface area contributed by atoms with Crippen molar-refractivity contribution in [2.75, 3.05) is 11.1 Å². The number of aryl methyl sites for hydroxylation is 2. The monoisotopic (exact) mass is 590 g/mol. The molecule has 12 heteroatoms. The molecule has 0 saturated carbocycles. The normalized spacial score (nSPS) is 10.9. The second-order valence-electron chi connectivity index (χ2n) is 7.51. The second kappa shape index (κ2) is 11.3. The number of aromatic nitrogens is 4. The molecule has 0 spiro atoms. The number of amides is 2. The Kier molecular flexibility index (Phi) is 8.22. The lowest BCUT2D eigenvalue weighted by Crippen LogP contribution is -2.25. The molecule has 2 amide bonds. The van der Waals surface area contributed by atoms with Crippen LogP contribution in [0.2, 0.25) is 5.02 Å². The maximum absolute atomic E-state index is 12.8. The Morgan fingerprint density at radius 1 is 1.17 bits per heavy atom. The highest BCUT2D eigenvalue weighted by Gasteiger charge is 2.19. The first-order valence-corrected chi connectivity index (χ1v) is 13.4. The van der Waals surface area contributed by atoms with E-state index < -0.39 is 0 Å². The number of thiazole rings is 1. The molecule has 8 nitrogen and oxygen atoms in total. The fourth-order valence-electron chi connectivity index (χ4n) is 3.21. The van der Waals surface area contributed by atoms with Crippen molar-refractivity contribution in [2.45, 2.75) is 25.5 Å². The van der Waals surface area contributed by atoms with E-state index in [9.17, 15) is 9.59 Å². The molecule has 180 valence electrons. The van der Waals surface area contributed by atoms with Gasteiger partial charge in [-0.2, -0.15) is 0 Å². The summed E-state index contributed by atoms with van der Waals surface area (Å²) in [6.45, 7) is 4.11. The lowest BCUT2D eigenvalue weighted by molar-refractivity contribution is -0.113. The topological polar surface area (TPSA) is 102 Å². The largest absolute Gasteiger partial charge is 0.345 e. The number of thioether (sulfide) groups is 1. The van der Waals surface area contributed by atoms with Crippen molar-refractivity contribution in [2.24, 2.45) is 0 Å². The van der Waals surface area contributed by atoms with Gasteiger partial charge < -0.3 is 10.6 Å². The summed E-state index contributed by atoms with van der Waals surface area (Å²) in [4.78, 5) is 29.3. The van der Waals surface area contributed by atoms with Crippen molar-refractivity contribution in [3.05, 3.63) is 80.0 Å². The van der Waals surface area contributed by atoms with E-state index in [0.717, 1.165) is 21.3 Å². The summed E-state index contributed by atoms with van der Waals surface area (Å²) in [7, 11) is 0. The molecular formula is C23H20BrClN6O2S2. The molecular weight excluding hydrogens is 572 g/mol. The number of hydrogen-bond donors (Lipinski definition) is 2. The van der Waals surface area contributed by atoms with E-state index in [2.05, 4.69) is 41.7 Å². The van der Waals surface area contributed by atoms with Crippen LogP contribution in [0.4, 0.5) is 5.13 Å². The van der Waals surface area contributed by atoms with Gasteiger partial charge in [0, 0.05) is 16.0 Å². The quantitative estimate of drug-likeness (QED) is 0.266. The molecule has 2 aromatic carbocycles. The Balaban J connectivity index is 1.57. The van der Waals surface area contributed by atoms with Gasteiger partial charge in [0.15, 0.2) is 16.1 Å². The number of nitrogens with one attached hydrogen (secondary N) is 2. The second-order valence-corrected chi connectivity index (χ2v) is 10.7. The maximum atomic E-state index is 12.8. The molecule has 0 aliphatic rings. The summed E-state index contributed by atoms with van der Waals surface area (Å²) in [6, 6.07) is 11.1. The Labute approximate surface area is 223 Å². The van der Waals surface area contributed by atoms with Gasteiger partial charge in [0.1, 0.15) is 0 Å².